The summed E-state index contributed by atoms with van der Waals surface area (Å²) in [5.41, 5.74) is 4.74. The predicted molar refractivity (Wildman–Crippen MR) is 105 cm³/mol. The van der Waals surface area contributed by atoms with Crippen molar-refractivity contribution in [1.82, 2.24) is 4.90 Å². The number of anilines is 1. The van der Waals surface area contributed by atoms with E-state index in [1.807, 2.05) is 0 Å². The quantitative estimate of drug-likeness (QED) is 0.776. The summed E-state index contributed by atoms with van der Waals surface area (Å²) in [6.07, 6.45) is -5.86. The van der Waals surface area contributed by atoms with Crippen LogP contribution in [-0.4, -0.2) is 41.0 Å². The second kappa shape index (κ2) is 7.89. The molecule has 3 N–H and O–H groups in total. The Bertz CT molecular complexity index is 932. The van der Waals surface area contributed by atoms with E-state index >= 15 is 0 Å². The summed E-state index contributed by atoms with van der Waals surface area (Å²) in [5, 5.41) is 3.16. The molecule has 1 aliphatic rings. The van der Waals surface area contributed by atoms with Gasteiger partial charge in [0.05, 0.1) is 11.7 Å². The lowest BCUT2D eigenvalue weighted by Gasteiger charge is -2.42. The lowest BCUT2D eigenvalue weighted by Crippen LogP contribution is -2.62. The Hall–Kier alpha value is -3.23. The number of halogens is 3. The summed E-state index contributed by atoms with van der Waals surface area (Å²) in [6, 6.07) is 15.1. The number of para-hydroxylation sites is 2. The smallest absolute Gasteiger partial charge is 0.471 e. The highest BCUT2D eigenvalue weighted by atomic mass is 19.4. The van der Waals surface area contributed by atoms with Gasteiger partial charge in [-0.25, -0.2) is 0 Å². The van der Waals surface area contributed by atoms with Gasteiger partial charge in [0.1, 0.15) is 17.4 Å². The van der Waals surface area contributed by atoms with Gasteiger partial charge < -0.3 is 20.7 Å². The SMILES string of the molecule is CC(C)(C(N)=O)N(CC1Nc2ccccc2OC1c1ccccc1)C(=O)C(F)(F)F. The van der Waals surface area contributed by atoms with E-state index in [-0.39, 0.29) is 0 Å². The summed E-state index contributed by atoms with van der Waals surface area (Å²) in [5.74, 6) is -2.65. The number of hydrogen-bond donors (Lipinski definition) is 2. The predicted octanol–water partition coefficient (Wildman–Crippen LogP) is 3.26. The Labute approximate surface area is 171 Å². The molecule has 1 aliphatic heterocycles. The second-order valence-electron chi connectivity index (χ2n) is 7.53. The summed E-state index contributed by atoms with van der Waals surface area (Å²) in [7, 11) is 0. The van der Waals surface area contributed by atoms with Gasteiger partial charge in [0.15, 0.2) is 0 Å². The van der Waals surface area contributed by atoms with Gasteiger partial charge in [0.2, 0.25) is 5.91 Å². The molecule has 2 atom stereocenters. The van der Waals surface area contributed by atoms with Crippen molar-refractivity contribution in [1.29, 1.82) is 0 Å². The van der Waals surface area contributed by atoms with Crippen LogP contribution >= 0.6 is 0 Å². The molecule has 160 valence electrons. The fraction of sp³-hybridized carbons (Fsp3) is 0.333. The fourth-order valence-corrected chi connectivity index (χ4v) is 3.32. The van der Waals surface area contributed by atoms with Crippen LogP contribution < -0.4 is 15.8 Å². The van der Waals surface area contributed by atoms with E-state index in [9.17, 15) is 22.8 Å². The topological polar surface area (TPSA) is 84.7 Å². The maximum atomic E-state index is 13.3. The average molecular weight is 421 g/mol. The summed E-state index contributed by atoms with van der Waals surface area (Å²) in [6.45, 7) is 1.92. The molecule has 30 heavy (non-hydrogen) atoms. The van der Waals surface area contributed by atoms with E-state index in [2.05, 4.69) is 5.32 Å². The molecule has 0 aromatic heterocycles. The minimum absolute atomic E-state index is 0.456. The van der Waals surface area contributed by atoms with Crippen molar-refractivity contribution < 1.29 is 27.5 Å². The molecule has 0 fully saturated rings. The molecule has 0 aliphatic carbocycles. The Morgan fingerprint density at radius 1 is 1.07 bits per heavy atom. The number of ether oxygens (including phenoxy) is 1. The number of benzene rings is 2. The monoisotopic (exact) mass is 421 g/mol. The molecule has 0 saturated heterocycles. The molecule has 2 aromatic carbocycles. The lowest BCUT2D eigenvalue weighted by molar-refractivity contribution is -0.192. The Balaban J connectivity index is 2.02. The number of primary amides is 1. The van der Waals surface area contributed by atoms with Crippen LogP contribution in [0.15, 0.2) is 54.6 Å². The van der Waals surface area contributed by atoms with Crippen LogP contribution in [0, 0.1) is 0 Å². The molecular formula is C21H22F3N3O3. The zero-order valence-electron chi connectivity index (χ0n) is 16.4. The molecule has 9 heteroatoms. The molecule has 0 spiro atoms. The second-order valence-corrected chi connectivity index (χ2v) is 7.53. The Morgan fingerprint density at radius 2 is 1.67 bits per heavy atom. The van der Waals surface area contributed by atoms with E-state index in [0.717, 1.165) is 0 Å². The number of nitrogens with one attached hydrogen (secondary N) is 1. The minimum Gasteiger partial charge on any atom is -0.481 e. The third kappa shape index (κ3) is 4.19. The van der Waals surface area contributed by atoms with Crippen molar-refractivity contribution in [2.75, 3.05) is 11.9 Å². The van der Waals surface area contributed by atoms with E-state index in [0.29, 0.717) is 21.9 Å². The van der Waals surface area contributed by atoms with Crippen LogP contribution in [0.2, 0.25) is 0 Å². The molecule has 0 bridgehead atoms. The van der Waals surface area contributed by atoms with Crippen LogP contribution in [0.3, 0.4) is 0 Å². The number of carbonyl (C=O) groups excluding carboxylic acids is 2. The largest absolute Gasteiger partial charge is 0.481 e. The fourth-order valence-electron chi connectivity index (χ4n) is 3.32. The number of rotatable bonds is 5. The van der Waals surface area contributed by atoms with E-state index in [1.165, 1.54) is 13.8 Å². The number of alkyl halides is 3. The van der Waals surface area contributed by atoms with Gasteiger partial charge in [-0.3, -0.25) is 9.59 Å². The van der Waals surface area contributed by atoms with Crippen LogP contribution in [0.1, 0.15) is 25.5 Å². The van der Waals surface area contributed by atoms with E-state index in [4.69, 9.17) is 10.5 Å². The van der Waals surface area contributed by atoms with Gasteiger partial charge in [-0.1, -0.05) is 42.5 Å². The van der Waals surface area contributed by atoms with Crippen molar-refractivity contribution in [2.24, 2.45) is 5.73 Å². The molecule has 2 unspecified atom stereocenters. The highest BCUT2D eigenvalue weighted by molar-refractivity contribution is 5.91. The molecule has 3 rings (SSSR count). The lowest BCUT2D eigenvalue weighted by atomic mass is 9.95. The van der Waals surface area contributed by atoms with Gasteiger partial charge in [-0.2, -0.15) is 13.2 Å². The molecular weight excluding hydrogens is 399 g/mol. The van der Waals surface area contributed by atoms with E-state index < -0.39 is 42.2 Å². The summed E-state index contributed by atoms with van der Waals surface area (Å²) >= 11 is 0. The molecule has 0 radical (unpaired) electrons. The molecule has 1 heterocycles. The minimum atomic E-state index is -5.16. The number of nitrogens with two attached hydrogens (primary N) is 1. The number of amides is 2. The third-order valence-electron chi connectivity index (χ3n) is 5.12. The first-order valence-electron chi connectivity index (χ1n) is 9.27. The van der Waals surface area contributed by atoms with Gasteiger partial charge in [0.25, 0.3) is 0 Å². The Kier molecular flexibility index (Phi) is 5.65. The van der Waals surface area contributed by atoms with Crippen LogP contribution in [0.4, 0.5) is 18.9 Å². The highest BCUT2D eigenvalue weighted by Crippen LogP contribution is 2.38. The molecule has 2 aromatic rings. The van der Waals surface area contributed by atoms with Gasteiger partial charge in [-0.05, 0) is 31.5 Å². The first kappa shape index (κ1) is 21.5. The summed E-state index contributed by atoms with van der Waals surface area (Å²) in [4.78, 5) is 24.6. The van der Waals surface area contributed by atoms with Crippen molar-refractivity contribution in [3.8, 4) is 5.75 Å². The maximum absolute atomic E-state index is 13.3. The number of nitrogens with zero attached hydrogens (tertiary/aromatic N) is 1. The van der Waals surface area contributed by atoms with E-state index in [1.54, 1.807) is 54.6 Å². The van der Waals surface area contributed by atoms with Crippen molar-refractivity contribution in [3.05, 3.63) is 60.2 Å². The zero-order valence-corrected chi connectivity index (χ0v) is 16.4. The van der Waals surface area contributed by atoms with Crippen molar-refractivity contribution in [3.63, 3.8) is 0 Å². The van der Waals surface area contributed by atoms with Gasteiger partial charge in [0, 0.05) is 6.54 Å². The number of fused-ring (bicyclic) bond motifs is 1. The van der Waals surface area contributed by atoms with Crippen LogP contribution in [0.5, 0.6) is 5.75 Å². The first-order valence-corrected chi connectivity index (χ1v) is 9.27. The maximum Gasteiger partial charge on any atom is 0.471 e. The highest BCUT2D eigenvalue weighted by Gasteiger charge is 2.50. The van der Waals surface area contributed by atoms with Crippen LogP contribution in [-0.2, 0) is 9.59 Å². The third-order valence-corrected chi connectivity index (χ3v) is 5.12. The standard InChI is InChI=1S/C21H22F3N3O3/c1-20(2,18(25)28)27(19(29)21(22,23)24)12-15-17(13-8-4-3-5-9-13)30-16-11-7-6-10-14(16)26-15/h3-11,15,17,26H,12H2,1-2H3,(H2,25,28). The molecule has 0 saturated carbocycles. The number of hydrogen-bond acceptors (Lipinski definition) is 4. The molecule has 2 amide bonds. The molecule has 6 nitrogen and oxygen atoms in total. The normalized spacial score (nSPS) is 18.6. The van der Waals surface area contributed by atoms with Gasteiger partial charge >= 0.3 is 12.1 Å². The average Bonchev–Trinajstić information content (AvgIpc) is 2.70. The number of carbonyl (C=O) groups is 2. The zero-order chi connectivity index (χ0) is 22.1. The van der Waals surface area contributed by atoms with Crippen molar-refractivity contribution in [2.45, 2.75) is 37.7 Å². The van der Waals surface area contributed by atoms with Gasteiger partial charge in [-0.15, -0.1) is 0 Å². The van der Waals surface area contributed by atoms with Crippen molar-refractivity contribution >= 4 is 17.5 Å². The van der Waals surface area contributed by atoms with Crippen LogP contribution in [0.25, 0.3) is 0 Å². The Morgan fingerprint density at radius 3 is 2.27 bits per heavy atom. The summed E-state index contributed by atoms with van der Waals surface area (Å²) < 4.78 is 46.0. The first-order chi connectivity index (χ1) is 14.0.